The monoisotopic (exact) mass is 304 g/mol. The lowest BCUT2D eigenvalue weighted by atomic mass is 9.92. The van der Waals surface area contributed by atoms with Crippen LogP contribution in [0.1, 0.15) is 48.0 Å². The van der Waals surface area contributed by atoms with Crippen LogP contribution in [0, 0.1) is 17.3 Å². The summed E-state index contributed by atoms with van der Waals surface area (Å²) in [6.45, 7) is 10.3. The van der Waals surface area contributed by atoms with Crippen molar-refractivity contribution in [2.45, 2.75) is 48.0 Å². The Morgan fingerprint density at radius 1 is 0.952 bits per heavy atom. The van der Waals surface area contributed by atoms with Gasteiger partial charge in [-0.3, -0.25) is 19.2 Å². The summed E-state index contributed by atoms with van der Waals surface area (Å²) in [5, 5.41) is 15.9. The fourth-order valence-corrected chi connectivity index (χ4v) is 0.805. The maximum Gasteiger partial charge on any atom is 0.317 e. The van der Waals surface area contributed by atoms with Crippen LogP contribution in [0.5, 0.6) is 0 Å². The molecule has 0 unspecified atom stereocenters. The third-order valence-electron chi connectivity index (χ3n) is 2.10. The number of carboxylic acids is 2. The minimum atomic E-state index is -1.31. The average molecular weight is 304 g/mol. The molecule has 0 aromatic carbocycles. The number of carboxylic acid groups (broad SMARTS) is 2. The largest absolute Gasteiger partial charge is 0.481 e. The molecule has 0 radical (unpaired) electrons. The summed E-state index contributed by atoms with van der Waals surface area (Å²) in [5.74, 6) is -5.05. The van der Waals surface area contributed by atoms with Gasteiger partial charge in [0, 0.05) is 0 Å². The molecule has 0 aliphatic heterocycles. The van der Waals surface area contributed by atoms with Gasteiger partial charge in [0.1, 0.15) is 0 Å². The maximum absolute atomic E-state index is 11.1. The van der Waals surface area contributed by atoms with Gasteiger partial charge in [0.25, 0.3) is 0 Å². The van der Waals surface area contributed by atoms with Crippen molar-refractivity contribution in [3.8, 4) is 0 Å². The van der Waals surface area contributed by atoms with Gasteiger partial charge in [0.15, 0.2) is 5.92 Å². The van der Waals surface area contributed by atoms with E-state index >= 15 is 0 Å². The second-order valence-electron chi connectivity index (χ2n) is 6.08. The number of ether oxygens (including phenoxy) is 1. The normalized spacial score (nSPS) is 10.7. The zero-order chi connectivity index (χ0) is 17.4. The summed E-state index contributed by atoms with van der Waals surface area (Å²) in [7, 11) is 0. The summed E-state index contributed by atoms with van der Waals surface area (Å²) in [5.41, 5.74) is -0.131. The predicted octanol–water partition coefficient (Wildman–Crippen LogP) is 1.94. The number of hydrogen-bond acceptors (Lipinski definition) is 5. The molecule has 0 spiro atoms. The van der Waals surface area contributed by atoms with Crippen molar-refractivity contribution in [1.29, 1.82) is 0 Å². The Labute approximate surface area is 124 Å². The smallest absolute Gasteiger partial charge is 0.317 e. The van der Waals surface area contributed by atoms with Crippen LogP contribution in [0.2, 0.25) is 0 Å². The molecule has 0 atom stereocenters. The molecule has 0 rings (SSSR count). The van der Waals surface area contributed by atoms with Gasteiger partial charge < -0.3 is 14.9 Å². The fraction of sp³-hybridized carbons (Fsp3) is 0.714. The minimum Gasteiger partial charge on any atom is -0.481 e. The van der Waals surface area contributed by atoms with Gasteiger partial charge in [-0.2, -0.15) is 0 Å². The molecule has 0 bridgehead atoms. The second kappa shape index (κ2) is 9.10. The van der Waals surface area contributed by atoms with E-state index in [1.165, 1.54) is 0 Å². The van der Waals surface area contributed by atoms with Crippen LogP contribution in [-0.4, -0.2) is 34.1 Å². The van der Waals surface area contributed by atoms with Crippen LogP contribution in [0.3, 0.4) is 0 Å². The van der Waals surface area contributed by atoms with Crippen molar-refractivity contribution >= 4 is 23.9 Å². The molecule has 0 saturated carbocycles. The molecule has 0 amide bonds. The molecule has 21 heavy (non-hydrogen) atoms. The first kappa shape index (κ1) is 21.4. The standard InChI is InChI=1S/C10H18O3.C4H6O4/c1-7(2)9(12)13-8(11)6-10(3,4)5;1-2(3(5)6)4(7)8/h7H,6H2,1-5H3;2H,1H3,(H,5,6)(H,7,8). The van der Waals surface area contributed by atoms with Crippen molar-refractivity contribution in [3.63, 3.8) is 0 Å². The Morgan fingerprint density at radius 2 is 1.33 bits per heavy atom. The zero-order valence-electron chi connectivity index (χ0n) is 13.3. The van der Waals surface area contributed by atoms with Gasteiger partial charge in [0.05, 0.1) is 12.3 Å². The highest BCUT2D eigenvalue weighted by molar-refractivity contribution is 5.92. The highest BCUT2D eigenvalue weighted by Gasteiger charge is 2.20. The Hall–Kier alpha value is -1.92. The zero-order valence-corrected chi connectivity index (χ0v) is 13.3. The predicted molar refractivity (Wildman–Crippen MR) is 74.4 cm³/mol. The van der Waals surface area contributed by atoms with E-state index in [2.05, 4.69) is 4.74 Å². The van der Waals surface area contributed by atoms with E-state index in [0.717, 1.165) is 6.92 Å². The molecule has 0 aromatic heterocycles. The number of hydrogen-bond donors (Lipinski definition) is 2. The molecule has 0 fully saturated rings. The van der Waals surface area contributed by atoms with Crippen LogP contribution in [0.15, 0.2) is 0 Å². The molecule has 0 saturated heterocycles. The SMILES string of the molecule is CC(C(=O)O)C(=O)O.CC(C)C(=O)OC(=O)CC(C)(C)C. The topological polar surface area (TPSA) is 118 Å². The van der Waals surface area contributed by atoms with Crippen LogP contribution >= 0.6 is 0 Å². The van der Waals surface area contributed by atoms with Crippen LogP contribution in [0.25, 0.3) is 0 Å². The van der Waals surface area contributed by atoms with Crippen molar-refractivity contribution in [2.24, 2.45) is 17.3 Å². The van der Waals surface area contributed by atoms with E-state index in [-0.39, 0.29) is 17.8 Å². The molecule has 0 aliphatic rings. The third kappa shape index (κ3) is 12.8. The van der Waals surface area contributed by atoms with Gasteiger partial charge in [0.2, 0.25) is 0 Å². The molecule has 2 N–H and O–H groups in total. The lowest BCUT2D eigenvalue weighted by molar-refractivity contribution is -0.163. The van der Waals surface area contributed by atoms with Gasteiger partial charge >= 0.3 is 23.9 Å². The summed E-state index contributed by atoms with van der Waals surface area (Å²) in [4.78, 5) is 41.6. The molecule has 7 nitrogen and oxygen atoms in total. The van der Waals surface area contributed by atoms with Gasteiger partial charge in [-0.25, -0.2) is 0 Å². The Balaban J connectivity index is 0. The maximum atomic E-state index is 11.1. The third-order valence-corrected chi connectivity index (χ3v) is 2.10. The van der Waals surface area contributed by atoms with E-state index < -0.39 is 29.8 Å². The van der Waals surface area contributed by atoms with Crippen LogP contribution in [-0.2, 0) is 23.9 Å². The molecule has 7 heteroatoms. The number of carbonyl (C=O) groups excluding carboxylic acids is 2. The summed E-state index contributed by atoms with van der Waals surface area (Å²) >= 11 is 0. The fourth-order valence-electron chi connectivity index (χ4n) is 0.805. The van der Waals surface area contributed by atoms with Crippen LogP contribution in [0.4, 0.5) is 0 Å². The molecule has 122 valence electrons. The quantitative estimate of drug-likeness (QED) is 0.601. The molecule has 0 aromatic rings. The molecule has 0 aliphatic carbocycles. The summed E-state index contributed by atoms with van der Waals surface area (Å²) in [6, 6.07) is 0. The highest BCUT2D eigenvalue weighted by Crippen LogP contribution is 2.19. The lowest BCUT2D eigenvalue weighted by Crippen LogP contribution is -2.21. The van der Waals surface area contributed by atoms with E-state index in [1.54, 1.807) is 13.8 Å². The molecule has 0 heterocycles. The van der Waals surface area contributed by atoms with Gasteiger partial charge in [-0.05, 0) is 12.3 Å². The average Bonchev–Trinajstić information content (AvgIpc) is 2.25. The van der Waals surface area contributed by atoms with Crippen LogP contribution < -0.4 is 0 Å². The van der Waals surface area contributed by atoms with Gasteiger partial charge in [-0.1, -0.05) is 34.6 Å². The van der Waals surface area contributed by atoms with E-state index in [0.29, 0.717) is 0 Å². The van der Waals surface area contributed by atoms with E-state index in [1.807, 2.05) is 20.8 Å². The summed E-state index contributed by atoms with van der Waals surface area (Å²) < 4.78 is 4.61. The molecular formula is C14H24O7. The summed E-state index contributed by atoms with van der Waals surface area (Å²) in [6.07, 6.45) is 0.269. The van der Waals surface area contributed by atoms with Gasteiger partial charge in [-0.15, -0.1) is 0 Å². The van der Waals surface area contributed by atoms with Crippen molar-refractivity contribution in [3.05, 3.63) is 0 Å². The van der Waals surface area contributed by atoms with Crippen molar-refractivity contribution < 1.29 is 34.1 Å². The molecular weight excluding hydrogens is 280 g/mol. The van der Waals surface area contributed by atoms with E-state index in [9.17, 15) is 19.2 Å². The van der Waals surface area contributed by atoms with Crippen molar-refractivity contribution in [1.82, 2.24) is 0 Å². The number of aliphatic carboxylic acids is 2. The van der Waals surface area contributed by atoms with E-state index in [4.69, 9.17) is 10.2 Å². The van der Waals surface area contributed by atoms with Crippen molar-refractivity contribution in [2.75, 3.05) is 0 Å². The Morgan fingerprint density at radius 3 is 1.52 bits per heavy atom. The first-order valence-electron chi connectivity index (χ1n) is 6.48. The number of esters is 2. The second-order valence-corrected chi connectivity index (χ2v) is 6.08. The highest BCUT2D eigenvalue weighted by atomic mass is 16.6. The number of rotatable bonds is 4. The Kier molecular flexibility index (Phi) is 9.26. The Bertz CT molecular complexity index is 377. The number of carbonyl (C=O) groups is 4. The lowest BCUT2D eigenvalue weighted by Gasteiger charge is -2.16. The first-order valence-corrected chi connectivity index (χ1v) is 6.48. The first-order chi connectivity index (χ1) is 9.27. The minimum absolute atomic E-state index is 0.131.